The summed E-state index contributed by atoms with van der Waals surface area (Å²) in [7, 11) is 0. The summed E-state index contributed by atoms with van der Waals surface area (Å²) in [6.07, 6.45) is 8.69. The molecule has 0 aliphatic rings. The van der Waals surface area contributed by atoms with Crippen LogP contribution < -0.4 is 0 Å². The maximum absolute atomic E-state index is 5.29. The number of nitrogens with zero attached hydrogens (tertiary/aromatic N) is 3. The lowest BCUT2D eigenvalue weighted by atomic mass is 10.2. The molecule has 0 radical (unpaired) electrons. The van der Waals surface area contributed by atoms with Gasteiger partial charge in [-0.25, -0.2) is 9.97 Å². The molecule has 3 rings (SSSR count). The Morgan fingerprint density at radius 3 is 3.18 bits per heavy atom. The van der Waals surface area contributed by atoms with Gasteiger partial charge in [-0.15, -0.1) is 0 Å². The van der Waals surface area contributed by atoms with Gasteiger partial charge in [0.05, 0.1) is 24.5 Å². The van der Waals surface area contributed by atoms with Gasteiger partial charge in [0.2, 0.25) is 0 Å². The highest BCUT2D eigenvalue weighted by Gasteiger charge is 2.00. The van der Waals surface area contributed by atoms with Crippen LogP contribution in [0.3, 0.4) is 0 Å². The fourth-order valence-corrected chi connectivity index (χ4v) is 1.59. The number of aromatic nitrogens is 3. The number of hydrogen-bond donors (Lipinski definition) is 0. The van der Waals surface area contributed by atoms with E-state index in [4.69, 9.17) is 4.42 Å². The maximum Gasteiger partial charge on any atom is 0.138 e. The van der Waals surface area contributed by atoms with E-state index in [1.54, 1.807) is 25.0 Å². The summed E-state index contributed by atoms with van der Waals surface area (Å²) in [4.78, 5) is 8.19. The van der Waals surface area contributed by atoms with Crippen LogP contribution in [0.5, 0.6) is 0 Å². The third-order valence-electron chi connectivity index (χ3n) is 2.41. The van der Waals surface area contributed by atoms with Crippen LogP contribution in [-0.2, 0) is 6.54 Å². The normalized spacial score (nSPS) is 10.1. The molecule has 4 heteroatoms. The van der Waals surface area contributed by atoms with Gasteiger partial charge in [-0.3, -0.25) is 0 Å². The van der Waals surface area contributed by atoms with Crippen molar-refractivity contribution < 1.29 is 4.42 Å². The first-order valence-electron chi connectivity index (χ1n) is 5.20. The molecule has 0 bridgehead atoms. The fourth-order valence-electron chi connectivity index (χ4n) is 1.59. The summed E-state index contributed by atoms with van der Waals surface area (Å²) >= 11 is 0. The molecule has 17 heavy (non-hydrogen) atoms. The van der Waals surface area contributed by atoms with Crippen LogP contribution in [0.2, 0.25) is 0 Å². The number of rotatable bonds is 1. The molecule has 0 amide bonds. The van der Waals surface area contributed by atoms with Crippen LogP contribution >= 0.6 is 0 Å². The molecular weight excluding hydrogens is 214 g/mol. The Labute approximate surface area is 97.9 Å². The van der Waals surface area contributed by atoms with Gasteiger partial charge in [-0.05, 0) is 18.1 Å². The van der Waals surface area contributed by atoms with Crippen LogP contribution in [0.15, 0.2) is 47.7 Å². The molecule has 4 nitrogen and oxygen atoms in total. The lowest BCUT2D eigenvalue weighted by Gasteiger charge is -1.92. The van der Waals surface area contributed by atoms with Gasteiger partial charge < -0.3 is 8.98 Å². The molecule has 0 aliphatic carbocycles. The molecule has 0 N–H and O–H groups in total. The lowest BCUT2D eigenvalue weighted by Crippen LogP contribution is -1.90. The van der Waals surface area contributed by atoms with Crippen molar-refractivity contribution in [2.45, 2.75) is 6.54 Å². The Morgan fingerprint density at radius 1 is 1.29 bits per heavy atom. The number of imidazole rings is 1. The van der Waals surface area contributed by atoms with Crippen molar-refractivity contribution in [2.75, 3.05) is 0 Å². The summed E-state index contributed by atoms with van der Waals surface area (Å²) in [6, 6.07) is 3.71. The predicted octanol–water partition coefficient (Wildman–Crippen LogP) is 2.08. The van der Waals surface area contributed by atoms with Crippen molar-refractivity contribution in [3.05, 3.63) is 49.0 Å². The smallest absolute Gasteiger partial charge is 0.138 e. The molecule has 82 valence electrons. The van der Waals surface area contributed by atoms with Crippen molar-refractivity contribution in [1.82, 2.24) is 14.5 Å². The van der Waals surface area contributed by atoms with Crippen LogP contribution in [-0.4, -0.2) is 14.5 Å². The van der Waals surface area contributed by atoms with Gasteiger partial charge in [-0.2, -0.15) is 0 Å². The molecule has 3 heterocycles. The van der Waals surface area contributed by atoms with Crippen LogP contribution in [0.1, 0.15) is 5.69 Å². The van der Waals surface area contributed by atoms with Gasteiger partial charge >= 0.3 is 0 Å². The molecule has 3 aromatic heterocycles. The van der Waals surface area contributed by atoms with Crippen LogP contribution in [0.25, 0.3) is 11.0 Å². The topological polar surface area (TPSA) is 43.9 Å². The summed E-state index contributed by atoms with van der Waals surface area (Å²) < 4.78 is 7.19. The second-order valence-electron chi connectivity index (χ2n) is 3.53. The minimum atomic E-state index is 0.607. The predicted molar refractivity (Wildman–Crippen MR) is 63.1 cm³/mol. The van der Waals surface area contributed by atoms with Gasteiger partial charge in [0.1, 0.15) is 11.3 Å². The minimum Gasteiger partial charge on any atom is -0.464 e. The van der Waals surface area contributed by atoms with E-state index >= 15 is 0 Å². The summed E-state index contributed by atoms with van der Waals surface area (Å²) in [6.45, 7) is 0.607. The number of hydrogen-bond acceptors (Lipinski definition) is 3. The molecule has 0 fully saturated rings. The largest absolute Gasteiger partial charge is 0.464 e. The highest BCUT2D eigenvalue weighted by molar-refractivity contribution is 5.81. The van der Waals surface area contributed by atoms with Gasteiger partial charge in [0.15, 0.2) is 0 Å². The van der Waals surface area contributed by atoms with E-state index in [1.807, 2.05) is 22.9 Å². The van der Waals surface area contributed by atoms with E-state index in [0.717, 1.165) is 16.7 Å². The number of pyridine rings is 1. The van der Waals surface area contributed by atoms with Crippen molar-refractivity contribution in [1.29, 1.82) is 0 Å². The lowest BCUT2D eigenvalue weighted by molar-refractivity contribution is 0.615. The third-order valence-corrected chi connectivity index (χ3v) is 2.41. The molecule has 0 spiro atoms. The fraction of sp³-hybridized carbons (Fsp3) is 0.0769. The van der Waals surface area contributed by atoms with E-state index in [0.29, 0.717) is 6.54 Å². The Balaban J connectivity index is 1.90. The van der Waals surface area contributed by atoms with E-state index in [1.165, 1.54) is 0 Å². The molecule has 3 aromatic rings. The van der Waals surface area contributed by atoms with Gasteiger partial charge in [0.25, 0.3) is 0 Å². The monoisotopic (exact) mass is 223 g/mol. The Hall–Kier alpha value is -2.54. The highest BCUT2D eigenvalue weighted by Crippen LogP contribution is 2.16. The molecule has 0 aliphatic heterocycles. The number of fused-ring (bicyclic) bond motifs is 1. The highest BCUT2D eigenvalue weighted by atomic mass is 16.3. The third kappa shape index (κ3) is 1.91. The zero-order valence-corrected chi connectivity index (χ0v) is 9.00. The zero-order chi connectivity index (χ0) is 11.5. The quantitative estimate of drug-likeness (QED) is 0.593. The van der Waals surface area contributed by atoms with Gasteiger partial charge in [0, 0.05) is 18.6 Å². The van der Waals surface area contributed by atoms with E-state index < -0.39 is 0 Å². The Kier molecular flexibility index (Phi) is 2.36. The molecular formula is C13H9N3O. The first kappa shape index (κ1) is 9.67. The molecule has 0 atom stereocenters. The standard InChI is InChI=1S/C13H9N3O/c1(7-16-8-6-14-10-16)2-12-11-4-9-17-13(11)3-5-15-12/h3-6,8-10H,7H2. The van der Waals surface area contributed by atoms with Crippen LogP contribution in [0.4, 0.5) is 0 Å². The van der Waals surface area contributed by atoms with E-state index in [2.05, 4.69) is 21.8 Å². The van der Waals surface area contributed by atoms with Crippen molar-refractivity contribution in [2.24, 2.45) is 0 Å². The summed E-state index contributed by atoms with van der Waals surface area (Å²) in [5, 5.41) is 0.950. The SMILES string of the molecule is C(#Cc1nccc2occc12)Cn1ccnc1. The van der Waals surface area contributed by atoms with Crippen molar-refractivity contribution in [3.8, 4) is 11.8 Å². The van der Waals surface area contributed by atoms with Crippen LogP contribution in [0, 0.1) is 11.8 Å². The molecule has 0 aromatic carbocycles. The maximum atomic E-state index is 5.29. The first-order valence-corrected chi connectivity index (χ1v) is 5.20. The molecule has 0 saturated heterocycles. The first-order chi connectivity index (χ1) is 8.43. The van der Waals surface area contributed by atoms with Gasteiger partial charge in [-0.1, -0.05) is 5.92 Å². The second-order valence-corrected chi connectivity index (χ2v) is 3.53. The van der Waals surface area contributed by atoms with E-state index in [-0.39, 0.29) is 0 Å². The summed E-state index contributed by atoms with van der Waals surface area (Å²) in [5.74, 6) is 6.10. The average Bonchev–Trinajstić information content (AvgIpc) is 2.99. The van der Waals surface area contributed by atoms with E-state index in [9.17, 15) is 0 Å². The minimum absolute atomic E-state index is 0.607. The van der Waals surface area contributed by atoms with Crippen molar-refractivity contribution >= 4 is 11.0 Å². The molecule has 0 unspecified atom stereocenters. The Bertz CT molecular complexity index is 686. The molecule has 0 saturated carbocycles. The Morgan fingerprint density at radius 2 is 2.29 bits per heavy atom. The van der Waals surface area contributed by atoms with Crippen molar-refractivity contribution in [3.63, 3.8) is 0 Å². The summed E-state index contributed by atoms with van der Waals surface area (Å²) in [5.41, 5.74) is 1.56. The second kappa shape index (κ2) is 4.14. The average molecular weight is 223 g/mol. The zero-order valence-electron chi connectivity index (χ0n) is 9.00. The number of furan rings is 1.